The number of amides is 9. The molecule has 1 heterocycles. The van der Waals surface area contributed by atoms with Crippen LogP contribution in [0.4, 0.5) is 0 Å². The van der Waals surface area contributed by atoms with E-state index in [9.17, 15) is 78.3 Å². The maximum atomic E-state index is 14.4. The minimum Gasteiger partial charge on any atom is -0.508 e. The predicted octanol–water partition coefficient (Wildman–Crippen LogP) is -4.16. The lowest BCUT2D eigenvalue weighted by Gasteiger charge is -2.29. The number of nitrogens with one attached hydrogen (secondary N) is 8. The Morgan fingerprint density at radius 3 is 1.77 bits per heavy atom. The largest absolute Gasteiger partial charge is 0.508 e. The number of aliphatic imine (C=N–C) groups is 1. The number of nitrogens with two attached hydrogens (primary N) is 3. The van der Waals surface area contributed by atoms with Crippen LogP contribution in [0.15, 0.2) is 59.6 Å². The number of likely N-dealkylation sites (tertiary alicyclic amines) is 1. The van der Waals surface area contributed by atoms with E-state index in [1.54, 1.807) is 37.3 Å². The maximum Gasteiger partial charge on any atom is 0.328 e. The van der Waals surface area contributed by atoms with E-state index < -0.39 is 145 Å². The number of carbonyl (C=O) groups is 11. The fraction of sp³-hybridized carbons (Fsp3) is 0.547. The van der Waals surface area contributed by atoms with Crippen molar-refractivity contribution in [1.82, 2.24) is 47.4 Å². The van der Waals surface area contributed by atoms with Crippen molar-refractivity contribution in [3.63, 3.8) is 0 Å². The first-order chi connectivity index (χ1) is 38.6. The van der Waals surface area contributed by atoms with E-state index in [0.29, 0.717) is 24.0 Å². The van der Waals surface area contributed by atoms with Crippen LogP contribution in [0.25, 0.3) is 0 Å². The first-order valence-corrected chi connectivity index (χ1v) is 26.8. The van der Waals surface area contributed by atoms with Gasteiger partial charge < -0.3 is 90.2 Å². The molecule has 1 fully saturated rings. The van der Waals surface area contributed by atoms with Crippen LogP contribution < -0.4 is 59.7 Å². The molecule has 12 atom stereocenters. The quantitative estimate of drug-likeness (QED) is 0.0183. The predicted molar refractivity (Wildman–Crippen MR) is 294 cm³/mol. The first-order valence-electron chi connectivity index (χ1n) is 26.8. The number of phenolic OH excluding ortho intramolecular Hbond substituents is 1. The molecule has 29 heteroatoms. The lowest BCUT2D eigenvalue weighted by molar-refractivity contribution is -0.146. The number of aliphatic hydroxyl groups is 2. The van der Waals surface area contributed by atoms with Gasteiger partial charge in [-0.1, -0.05) is 62.7 Å². The van der Waals surface area contributed by atoms with Gasteiger partial charge in [-0.25, -0.2) is 4.79 Å². The van der Waals surface area contributed by atoms with E-state index in [1.807, 2.05) is 6.92 Å². The molecule has 9 amide bonds. The summed E-state index contributed by atoms with van der Waals surface area (Å²) in [5.74, 6) is -11.5. The zero-order chi connectivity index (χ0) is 61.4. The first kappa shape index (κ1) is 67.8. The Bertz CT molecular complexity index is 2570. The molecule has 0 aromatic heterocycles. The van der Waals surface area contributed by atoms with E-state index in [0.717, 1.165) is 13.8 Å². The van der Waals surface area contributed by atoms with Gasteiger partial charge in [-0.3, -0.25) is 52.9 Å². The van der Waals surface area contributed by atoms with Crippen LogP contribution in [0.3, 0.4) is 0 Å². The van der Waals surface area contributed by atoms with Crippen LogP contribution in [-0.4, -0.2) is 188 Å². The molecule has 0 spiro atoms. The number of aromatic hydroxyl groups is 1. The number of carboxylic acids is 2. The average Bonchev–Trinajstić information content (AvgIpc) is 3.97. The van der Waals surface area contributed by atoms with Crippen LogP contribution in [-0.2, 0) is 65.6 Å². The Kier molecular flexibility index (Phi) is 27.6. The molecule has 2 aromatic rings. The van der Waals surface area contributed by atoms with Crippen molar-refractivity contribution in [3.8, 4) is 5.75 Å². The minimum absolute atomic E-state index is 0.0148. The number of rotatable bonds is 33. The molecule has 82 heavy (non-hydrogen) atoms. The van der Waals surface area contributed by atoms with Crippen molar-refractivity contribution >= 4 is 71.1 Å². The van der Waals surface area contributed by atoms with Gasteiger partial charge in [-0.15, -0.1) is 0 Å². The van der Waals surface area contributed by atoms with Crippen molar-refractivity contribution in [2.75, 3.05) is 19.6 Å². The molecule has 1 aliphatic rings. The highest BCUT2D eigenvalue weighted by Crippen LogP contribution is 2.21. The number of guanidine groups is 1. The number of nitrogens with zero attached hydrogens (tertiary/aromatic N) is 2. The van der Waals surface area contributed by atoms with Crippen LogP contribution in [0.1, 0.15) is 90.7 Å². The van der Waals surface area contributed by atoms with E-state index >= 15 is 0 Å². The van der Waals surface area contributed by atoms with Crippen LogP contribution in [0, 0.1) is 5.92 Å². The molecular formula is C53H79N13O16. The van der Waals surface area contributed by atoms with Crippen molar-refractivity contribution in [2.24, 2.45) is 28.1 Å². The Balaban J connectivity index is 1.82. The van der Waals surface area contributed by atoms with E-state index in [-0.39, 0.29) is 69.2 Å². The number of benzene rings is 2. The molecular weight excluding hydrogens is 1070 g/mol. The Hall–Kier alpha value is -8.44. The van der Waals surface area contributed by atoms with Crippen LogP contribution in [0.2, 0.25) is 0 Å². The zero-order valence-corrected chi connectivity index (χ0v) is 46.5. The molecule has 1 aliphatic heterocycles. The smallest absolute Gasteiger partial charge is 0.328 e. The number of carbonyl (C=O) groups excluding carboxylic acids is 9. The second-order valence-electron chi connectivity index (χ2n) is 20.1. The fourth-order valence-electron chi connectivity index (χ4n) is 8.49. The summed E-state index contributed by atoms with van der Waals surface area (Å²) in [4.78, 5) is 152. The summed E-state index contributed by atoms with van der Waals surface area (Å²) < 4.78 is 0. The Morgan fingerprint density at radius 2 is 1.21 bits per heavy atom. The molecule has 3 rings (SSSR count). The molecule has 0 saturated carbocycles. The number of aliphatic hydroxyl groups excluding tert-OH is 2. The third kappa shape index (κ3) is 22.2. The third-order valence-corrected chi connectivity index (χ3v) is 13.5. The second-order valence-corrected chi connectivity index (χ2v) is 20.1. The lowest BCUT2D eigenvalue weighted by atomic mass is 9.98. The number of carboxylic acid groups (broad SMARTS) is 2. The third-order valence-electron chi connectivity index (χ3n) is 13.5. The minimum atomic E-state index is -1.83. The molecule has 29 nitrogen and oxygen atoms in total. The second kappa shape index (κ2) is 33.3. The Labute approximate surface area is 473 Å². The van der Waals surface area contributed by atoms with E-state index in [4.69, 9.17) is 17.2 Å². The van der Waals surface area contributed by atoms with Crippen molar-refractivity contribution in [1.29, 1.82) is 0 Å². The van der Waals surface area contributed by atoms with E-state index in [1.165, 1.54) is 36.1 Å². The number of hydrogen-bond donors (Lipinski definition) is 16. The molecule has 452 valence electrons. The van der Waals surface area contributed by atoms with Gasteiger partial charge in [0.2, 0.25) is 53.2 Å². The maximum absolute atomic E-state index is 14.4. The van der Waals surface area contributed by atoms with Crippen LogP contribution >= 0.6 is 0 Å². The van der Waals surface area contributed by atoms with Crippen molar-refractivity contribution in [2.45, 2.75) is 159 Å². The highest BCUT2D eigenvalue weighted by molar-refractivity contribution is 5.98. The summed E-state index contributed by atoms with van der Waals surface area (Å²) in [5.41, 5.74) is 17.9. The van der Waals surface area contributed by atoms with Crippen molar-refractivity contribution in [3.05, 3.63) is 65.7 Å². The molecule has 0 bridgehead atoms. The molecule has 1 saturated heterocycles. The van der Waals surface area contributed by atoms with Crippen molar-refractivity contribution < 1.29 is 78.3 Å². The van der Waals surface area contributed by atoms with Gasteiger partial charge >= 0.3 is 11.9 Å². The summed E-state index contributed by atoms with van der Waals surface area (Å²) in [7, 11) is 0. The summed E-state index contributed by atoms with van der Waals surface area (Å²) >= 11 is 0. The molecule has 19 N–H and O–H groups in total. The van der Waals surface area contributed by atoms with Gasteiger partial charge in [0.25, 0.3) is 0 Å². The zero-order valence-electron chi connectivity index (χ0n) is 46.5. The van der Waals surface area contributed by atoms with Gasteiger partial charge in [0.15, 0.2) is 12.0 Å². The molecule has 2 aromatic carbocycles. The summed E-state index contributed by atoms with van der Waals surface area (Å²) in [5, 5.41) is 68.8. The molecule has 0 unspecified atom stereocenters. The van der Waals surface area contributed by atoms with Gasteiger partial charge in [0.05, 0.1) is 24.8 Å². The van der Waals surface area contributed by atoms with Crippen LogP contribution in [0.5, 0.6) is 5.75 Å². The number of aliphatic carboxylic acids is 2. The van der Waals surface area contributed by atoms with Gasteiger partial charge in [-0.2, -0.15) is 0 Å². The highest BCUT2D eigenvalue weighted by atomic mass is 16.4. The summed E-state index contributed by atoms with van der Waals surface area (Å²) in [6, 6.07) is 0.925. The normalized spacial score (nSPS) is 16.9. The average molecular weight is 1150 g/mol. The highest BCUT2D eigenvalue weighted by Gasteiger charge is 2.40. The summed E-state index contributed by atoms with van der Waals surface area (Å²) in [6.45, 7) is 6.48. The van der Waals surface area contributed by atoms with Gasteiger partial charge in [-0.05, 0) is 82.1 Å². The fourth-order valence-corrected chi connectivity index (χ4v) is 8.49. The van der Waals surface area contributed by atoms with Gasteiger partial charge in [0.1, 0.15) is 48.0 Å². The SMILES string of the molecule is CC[C@H](C)[C@H](N)C(=O)N[C@@H](CCC(=O)O)C(=O)N1CCC[C@H]1C(=O)NCC(=O)N[C@@H](CCCN=C(N)N)C(=O)N[C@@H](C)C(=O)N[C@@H](Cc1ccccc1)C(=O)N[C@@H](Cc1ccc(O)cc1)C(=O)N[C@H](C(=O)N[C@H](C(=O)O)[C@@H](C)O)[C@@H](C)O. The number of hydrogen-bond acceptors (Lipinski definition) is 16. The molecule has 0 aliphatic carbocycles. The van der Waals surface area contributed by atoms with E-state index in [2.05, 4.69) is 47.5 Å². The lowest BCUT2D eigenvalue weighted by Crippen LogP contribution is -2.62. The molecule has 0 radical (unpaired) electrons. The monoisotopic (exact) mass is 1150 g/mol. The summed E-state index contributed by atoms with van der Waals surface area (Å²) in [6.07, 6.45) is -3.36. The van der Waals surface area contributed by atoms with Gasteiger partial charge in [0, 0.05) is 32.4 Å². The number of phenols is 1. The topological polar surface area (TPSA) is 479 Å². The Morgan fingerprint density at radius 1 is 0.659 bits per heavy atom. The standard InChI is InChI=1S/C53H79N13O16/c1-6-27(2)41(54)49(78)61-35(20-21-40(71)72)51(80)66-23-11-15-38(66)48(77)58-26-39(70)60-34(14-10-22-57-53(55)56)45(74)59-28(3)44(73)62-36(24-31-12-8-7-9-13-31)46(75)63-37(25-32-16-18-33(69)19-17-32)47(76)64-42(29(4)67)50(79)65-43(30(5)68)52(81)82/h7-9,12-13,16-19,27-30,34-38,41-43,67-69H,6,10-11,14-15,20-26,54H2,1-5H3,(H,58,77)(H,59,74)(H,60,70)(H,61,78)(H,62,73)(H,63,75)(H,64,76)(H,65,79)(H,71,72)(H,81,82)(H4,55,56,57)/t27-,28-,29+,30+,34-,35-,36-,37-,38-,41-,42-,43-/m0/s1.